The highest BCUT2D eigenvalue weighted by Crippen LogP contribution is 2.52. The van der Waals surface area contributed by atoms with Gasteiger partial charge in [-0.3, -0.25) is 4.79 Å². The van der Waals surface area contributed by atoms with Gasteiger partial charge in [0.25, 0.3) is 0 Å². The summed E-state index contributed by atoms with van der Waals surface area (Å²) in [6.07, 6.45) is 3.54. The zero-order chi connectivity index (χ0) is 13.6. The van der Waals surface area contributed by atoms with E-state index in [-0.39, 0.29) is 11.2 Å². The van der Waals surface area contributed by atoms with Gasteiger partial charge in [0.1, 0.15) is 5.75 Å². The van der Waals surface area contributed by atoms with Crippen LogP contribution in [0.15, 0.2) is 30.4 Å². The Morgan fingerprint density at radius 2 is 2.16 bits per heavy atom. The van der Waals surface area contributed by atoms with Gasteiger partial charge in [-0.15, -0.1) is 0 Å². The highest BCUT2D eigenvalue weighted by Gasteiger charge is 2.46. The van der Waals surface area contributed by atoms with Gasteiger partial charge in [0.05, 0.1) is 7.11 Å². The molecule has 1 saturated carbocycles. The number of Topliss-reactive ketones (excluding diaryl/α,β-unsaturated/α-hetero) is 1. The lowest BCUT2D eigenvalue weighted by Gasteiger charge is -2.47. The topological polar surface area (TPSA) is 26.3 Å². The first kappa shape index (κ1) is 12.5. The minimum absolute atomic E-state index is 0.0487. The molecule has 0 unspecified atom stereocenters. The van der Waals surface area contributed by atoms with Crippen molar-refractivity contribution in [2.45, 2.75) is 38.0 Å². The lowest BCUT2D eigenvalue weighted by molar-refractivity contribution is -0.118. The molecule has 0 radical (unpaired) electrons. The van der Waals surface area contributed by atoms with E-state index in [2.05, 4.69) is 25.6 Å². The van der Waals surface area contributed by atoms with Crippen molar-refractivity contribution < 1.29 is 9.53 Å². The van der Waals surface area contributed by atoms with Crippen LogP contribution in [0.1, 0.15) is 37.3 Å². The van der Waals surface area contributed by atoms with E-state index in [4.69, 9.17) is 4.74 Å². The van der Waals surface area contributed by atoms with Crippen molar-refractivity contribution in [3.05, 3.63) is 41.5 Å². The molecular formula is C17H20O2. The summed E-state index contributed by atoms with van der Waals surface area (Å²) in [4.78, 5) is 11.9. The molecule has 1 aromatic rings. The molecule has 2 heteroatoms. The van der Waals surface area contributed by atoms with Crippen LogP contribution in [0.2, 0.25) is 0 Å². The maximum atomic E-state index is 11.9. The SMILES string of the molecule is C=C1C(=O)CC[C@]2(C)c3cccc(OC)c3CC[C@@H]12. The number of hydrogen-bond acceptors (Lipinski definition) is 2. The molecule has 0 aromatic heterocycles. The molecule has 0 amide bonds. The van der Waals surface area contributed by atoms with Gasteiger partial charge in [0.15, 0.2) is 5.78 Å². The number of methoxy groups -OCH3 is 1. The molecule has 2 aliphatic carbocycles. The fourth-order valence-electron chi connectivity index (χ4n) is 3.94. The van der Waals surface area contributed by atoms with Crippen molar-refractivity contribution in [1.82, 2.24) is 0 Å². The maximum absolute atomic E-state index is 11.9. The number of rotatable bonds is 1. The van der Waals surface area contributed by atoms with E-state index in [0.717, 1.165) is 30.6 Å². The third-order valence-electron chi connectivity index (χ3n) is 5.07. The van der Waals surface area contributed by atoms with Gasteiger partial charge in [-0.1, -0.05) is 25.6 Å². The average Bonchev–Trinajstić information content (AvgIpc) is 2.43. The molecule has 0 N–H and O–H groups in total. The molecular weight excluding hydrogens is 236 g/mol. The molecule has 0 spiro atoms. The Balaban J connectivity index is 2.13. The fraction of sp³-hybridized carbons (Fsp3) is 0.471. The summed E-state index contributed by atoms with van der Waals surface area (Å²) >= 11 is 0. The molecule has 0 bridgehead atoms. The standard InChI is InChI=1S/C17H20O2/c1-11-13-8-7-12-14(5-4-6-16(12)19-3)17(13,2)10-9-15(11)18/h4-6,13H,1,7-10H2,2-3H3/t13-,17-/m0/s1. The number of ether oxygens (including phenoxy) is 1. The maximum Gasteiger partial charge on any atom is 0.158 e. The molecule has 0 saturated heterocycles. The summed E-state index contributed by atoms with van der Waals surface area (Å²) in [6.45, 7) is 6.34. The monoisotopic (exact) mass is 256 g/mol. The normalized spacial score (nSPS) is 29.7. The summed E-state index contributed by atoms with van der Waals surface area (Å²) in [5.41, 5.74) is 3.57. The summed E-state index contributed by atoms with van der Waals surface area (Å²) < 4.78 is 5.50. The van der Waals surface area contributed by atoms with Crippen molar-refractivity contribution in [1.29, 1.82) is 0 Å². The van der Waals surface area contributed by atoms with Gasteiger partial charge in [-0.2, -0.15) is 0 Å². The molecule has 3 rings (SSSR count). The van der Waals surface area contributed by atoms with Gasteiger partial charge >= 0.3 is 0 Å². The highest BCUT2D eigenvalue weighted by molar-refractivity contribution is 5.96. The van der Waals surface area contributed by atoms with E-state index in [0.29, 0.717) is 12.3 Å². The van der Waals surface area contributed by atoms with Crippen molar-refractivity contribution in [3.8, 4) is 5.75 Å². The molecule has 1 fully saturated rings. The van der Waals surface area contributed by atoms with Gasteiger partial charge in [0.2, 0.25) is 0 Å². The lowest BCUT2D eigenvalue weighted by Crippen LogP contribution is -2.43. The molecule has 19 heavy (non-hydrogen) atoms. The molecule has 0 heterocycles. The zero-order valence-electron chi connectivity index (χ0n) is 11.7. The van der Waals surface area contributed by atoms with Crippen LogP contribution in [0.5, 0.6) is 5.75 Å². The van der Waals surface area contributed by atoms with Crippen molar-refractivity contribution in [2.75, 3.05) is 7.11 Å². The van der Waals surface area contributed by atoms with E-state index in [1.165, 1.54) is 11.1 Å². The third-order valence-corrected chi connectivity index (χ3v) is 5.07. The van der Waals surface area contributed by atoms with E-state index in [9.17, 15) is 4.79 Å². The van der Waals surface area contributed by atoms with Crippen molar-refractivity contribution in [3.63, 3.8) is 0 Å². The zero-order valence-corrected chi connectivity index (χ0v) is 11.7. The first-order valence-electron chi connectivity index (χ1n) is 6.96. The molecule has 100 valence electrons. The highest BCUT2D eigenvalue weighted by atomic mass is 16.5. The van der Waals surface area contributed by atoms with Crippen LogP contribution < -0.4 is 4.74 Å². The Hall–Kier alpha value is -1.57. The van der Waals surface area contributed by atoms with Crippen LogP contribution >= 0.6 is 0 Å². The Morgan fingerprint density at radius 1 is 1.37 bits per heavy atom. The first-order chi connectivity index (χ1) is 9.08. The predicted molar refractivity (Wildman–Crippen MR) is 75.5 cm³/mol. The van der Waals surface area contributed by atoms with E-state index in [1.807, 2.05) is 6.07 Å². The van der Waals surface area contributed by atoms with Gasteiger partial charge < -0.3 is 4.74 Å². The number of allylic oxidation sites excluding steroid dienone is 1. The third kappa shape index (κ3) is 1.66. The predicted octanol–water partition coefficient (Wildman–Crippen LogP) is 3.43. The number of benzene rings is 1. The van der Waals surface area contributed by atoms with Crippen molar-refractivity contribution in [2.24, 2.45) is 5.92 Å². The largest absolute Gasteiger partial charge is 0.496 e. The lowest BCUT2D eigenvalue weighted by atomic mass is 9.56. The second-order valence-corrected chi connectivity index (χ2v) is 5.94. The number of ketones is 1. The van der Waals surface area contributed by atoms with E-state index >= 15 is 0 Å². The molecule has 2 aliphatic rings. The van der Waals surface area contributed by atoms with E-state index < -0.39 is 0 Å². The van der Waals surface area contributed by atoms with Crippen LogP contribution in [-0.4, -0.2) is 12.9 Å². The van der Waals surface area contributed by atoms with Gasteiger partial charge in [-0.25, -0.2) is 0 Å². The Labute approximate surface area is 114 Å². The molecule has 0 aliphatic heterocycles. The minimum Gasteiger partial charge on any atom is -0.496 e. The second-order valence-electron chi connectivity index (χ2n) is 5.94. The van der Waals surface area contributed by atoms with Crippen LogP contribution in [0.25, 0.3) is 0 Å². The molecule has 2 nitrogen and oxygen atoms in total. The van der Waals surface area contributed by atoms with Crippen molar-refractivity contribution >= 4 is 5.78 Å². The van der Waals surface area contributed by atoms with Gasteiger partial charge in [-0.05, 0) is 47.9 Å². The van der Waals surface area contributed by atoms with Crippen LogP contribution in [-0.2, 0) is 16.6 Å². The van der Waals surface area contributed by atoms with Gasteiger partial charge in [0, 0.05) is 11.8 Å². The van der Waals surface area contributed by atoms with E-state index in [1.54, 1.807) is 7.11 Å². The number of carbonyl (C=O) groups is 1. The van der Waals surface area contributed by atoms with Crippen LogP contribution in [0.3, 0.4) is 0 Å². The Morgan fingerprint density at radius 3 is 2.89 bits per heavy atom. The average molecular weight is 256 g/mol. The Kier molecular flexibility index (Phi) is 2.77. The first-order valence-corrected chi connectivity index (χ1v) is 6.96. The van der Waals surface area contributed by atoms with Crippen LogP contribution in [0.4, 0.5) is 0 Å². The quantitative estimate of drug-likeness (QED) is 0.719. The summed E-state index contributed by atoms with van der Waals surface area (Å²) in [6, 6.07) is 6.29. The fourth-order valence-corrected chi connectivity index (χ4v) is 3.94. The second kappa shape index (κ2) is 4.22. The minimum atomic E-state index is 0.0487. The molecule has 1 aromatic carbocycles. The number of fused-ring (bicyclic) bond motifs is 3. The molecule has 2 atom stereocenters. The summed E-state index contributed by atoms with van der Waals surface area (Å²) in [7, 11) is 1.73. The van der Waals surface area contributed by atoms with Crippen LogP contribution in [0, 0.1) is 5.92 Å². The Bertz CT molecular complexity index is 558. The number of hydrogen-bond donors (Lipinski definition) is 0. The summed E-state index contributed by atoms with van der Waals surface area (Å²) in [5, 5.41) is 0. The smallest absolute Gasteiger partial charge is 0.158 e. The number of carbonyl (C=O) groups excluding carboxylic acids is 1. The summed E-state index contributed by atoms with van der Waals surface area (Å²) in [5.74, 6) is 1.54.